The third-order valence-electron chi connectivity index (χ3n) is 16.7. The molecule has 0 saturated heterocycles. The summed E-state index contributed by atoms with van der Waals surface area (Å²) in [5.74, 6) is 0.164. The summed E-state index contributed by atoms with van der Waals surface area (Å²) in [7, 11) is 0. The first-order valence-corrected chi connectivity index (χ1v) is 28.3. The van der Waals surface area contributed by atoms with Crippen LogP contribution in [0, 0.1) is 0 Å². The number of hydrogen-bond acceptors (Lipinski definition) is 0. The van der Waals surface area contributed by atoms with Crippen molar-refractivity contribution in [3.63, 3.8) is 0 Å². The molecule has 0 radical (unpaired) electrons. The van der Waals surface area contributed by atoms with E-state index >= 15 is 0 Å². The fraction of sp³-hybridized carbons (Fsp3) is 0.0370. The Morgan fingerprint density at radius 1 is 0.259 bits per heavy atom. The molecule has 382 valence electrons. The van der Waals surface area contributed by atoms with Gasteiger partial charge in [0.1, 0.15) is 0 Å². The number of rotatable bonds is 13. The first kappa shape index (κ1) is 49.2. The summed E-state index contributed by atoms with van der Waals surface area (Å²) >= 11 is 0. The van der Waals surface area contributed by atoms with E-state index in [1.165, 1.54) is 111 Å². The highest BCUT2D eigenvalue weighted by Crippen LogP contribution is 2.64. The molecule has 0 atom stereocenters. The molecular formula is C81H58. The van der Waals surface area contributed by atoms with E-state index in [0.29, 0.717) is 0 Å². The Morgan fingerprint density at radius 2 is 0.506 bits per heavy atom. The van der Waals surface area contributed by atoms with Crippen molar-refractivity contribution in [3.8, 4) is 22.3 Å². The van der Waals surface area contributed by atoms with E-state index in [1.54, 1.807) is 0 Å². The first-order chi connectivity index (χ1) is 40.2. The van der Waals surface area contributed by atoms with Gasteiger partial charge in [-0.25, -0.2) is 0 Å². The second-order valence-electron chi connectivity index (χ2n) is 21.5. The lowest BCUT2D eigenvalue weighted by molar-refractivity contribution is 0.777. The second kappa shape index (κ2) is 21.6. The highest BCUT2D eigenvalue weighted by Gasteiger charge is 2.52. The maximum Gasteiger partial charge on any atom is 0.0726 e. The third-order valence-corrected chi connectivity index (χ3v) is 16.7. The van der Waals surface area contributed by atoms with Gasteiger partial charge in [-0.1, -0.05) is 297 Å². The van der Waals surface area contributed by atoms with E-state index in [1.807, 2.05) is 0 Å². The molecule has 0 heteroatoms. The monoisotopic (exact) mass is 1030 g/mol. The number of hydrogen-bond donors (Lipinski definition) is 0. The Balaban J connectivity index is 1.05. The van der Waals surface area contributed by atoms with Crippen molar-refractivity contribution in [1.82, 2.24) is 0 Å². The van der Waals surface area contributed by atoms with Gasteiger partial charge in [-0.15, -0.1) is 0 Å². The zero-order valence-electron chi connectivity index (χ0n) is 45.0. The molecule has 0 fully saturated rings. The molecule has 0 saturated carbocycles. The molecule has 0 unspecified atom stereocenters. The van der Waals surface area contributed by atoms with Gasteiger partial charge >= 0.3 is 0 Å². The second-order valence-corrected chi connectivity index (χ2v) is 21.5. The molecule has 1 spiro atoms. The van der Waals surface area contributed by atoms with Gasteiger partial charge in [0.15, 0.2) is 0 Å². The molecule has 12 aromatic carbocycles. The highest BCUT2D eigenvalue weighted by molar-refractivity contribution is 6.00. The van der Waals surface area contributed by atoms with E-state index in [-0.39, 0.29) is 5.92 Å². The van der Waals surface area contributed by atoms with Crippen LogP contribution in [0.15, 0.2) is 315 Å². The Morgan fingerprint density at radius 3 is 0.790 bits per heavy atom. The predicted octanol–water partition coefficient (Wildman–Crippen LogP) is 20.2. The van der Waals surface area contributed by atoms with Gasteiger partial charge in [0.2, 0.25) is 0 Å². The Kier molecular flexibility index (Phi) is 13.1. The molecule has 0 N–H and O–H groups in total. The lowest BCUT2D eigenvalue weighted by Crippen LogP contribution is -2.26. The molecule has 0 aliphatic heterocycles. The van der Waals surface area contributed by atoms with Crippen molar-refractivity contribution < 1.29 is 0 Å². The van der Waals surface area contributed by atoms with E-state index in [9.17, 15) is 0 Å². The zero-order chi connectivity index (χ0) is 54.0. The molecule has 14 rings (SSSR count). The van der Waals surface area contributed by atoms with E-state index in [4.69, 9.17) is 0 Å². The summed E-state index contributed by atoms with van der Waals surface area (Å²) in [4.78, 5) is 0. The fourth-order valence-corrected chi connectivity index (χ4v) is 13.0. The molecule has 12 aromatic rings. The largest absolute Gasteiger partial charge is 0.0726 e. The summed E-state index contributed by atoms with van der Waals surface area (Å²) in [6, 6.07) is 117. The smallest absolute Gasteiger partial charge is 0.0622 e. The maximum absolute atomic E-state index is 2.59. The van der Waals surface area contributed by atoms with Crippen LogP contribution in [0.25, 0.3) is 57.2 Å². The fourth-order valence-electron chi connectivity index (χ4n) is 13.0. The zero-order valence-corrected chi connectivity index (χ0v) is 45.0. The summed E-state index contributed by atoms with van der Waals surface area (Å²) in [6.45, 7) is 0. The van der Waals surface area contributed by atoms with Gasteiger partial charge in [-0.05, 0) is 171 Å². The van der Waals surface area contributed by atoms with Gasteiger partial charge in [0.05, 0.1) is 5.41 Å². The molecule has 2 aliphatic carbocycles. The third kappa shape index (κ3) is 9.31. The van der Waals surface area contributed by atoms with Crippen molar-refractivity contribution >= 4 is 34.9 Å². The molecule has 81 heavy (non-hydrogen) atoms. The van der Waals surface area contributed by atoms with Crippen LogP contribution in [0.2, 0.25) is 0 Å². The molecule has 0 nitrogen and oxygen atoms in total. The van der Waals surface area contributed by atoms with Crippen LogP contribution in [-0.4, -0.2) is 0 Å². The Hall–Kier alpha value is -10.1. The van der Waals surface area contributed by atoms with Crippen molar-refractivity contribution in [3.05, 3.63) is 404 Å². The SMILES string of the molecule is C(=C(c1ccccc1)c1ccccc1)c1ccc2c(c1)C1(c3cc(C=C(c4ccccc4)c4ccccc4)ccc3-2)c2cc(C=C(c3ccccc3)c3ccccc3)ccc2-c2ccc(CC(c3ccccc3)c3ccccc3)cc21. The van der Waals surface area contributed by atoms with Gasteiger partial charge in [-0.3, -0.25) is 0 Å². The predicted molar refractivity (Wildman–Crippen MR) is 341 cm³/mol. The van der Waals surface area contributed by atoms with E-state index in [0.717, 1.165) is 23.1 Å². The molecule has 0 amide bonds. The molecular weight excluding hydrogens is 973 g/mol. The van der Waals surface area contributed by atoms with Crippen molar-refractivity contribution in [2.45, 2.75) is 17.8 Å². The number of fused-ring (bicyclic) bond motifs is 10. The normalized spacial score (nSPS) is 12.2. The maximum atomic E-state index is 2.59. The average molecular weight is 1030 g/mol. The minimum absolute atomic E-state index is 0.164. The van der Waals surface area contributed by atoms with Gasteiger partial charge in [-0.2, -0.15) is 0 Å². The van der Waals surface area contributed by atoms with Gasteiger partial charge in [0, 0.05) is 5.92 Å². The Bertz CT molecular complexity index is 3840. The van der Waals surface area contributed by atoms with Crippen LogP contribution in [0.5, 0.6) is 0 Å². The van der Waals surface area contributed by atoms with Crippen LogP contribution in [0.4, 0.5) is 0 Å². The Labute approximate surface area is 476 Å². The molecule has 2 aliphatic rings. The van der Waals surface area contributed by atoms with Crippen LogP contribution in [0.3, 0.4) is 0 Å². The first-order valence-electron chi connectivity index (χ1n) is 28.3. The molecule has 0 heterocycles. The average Bonchev–Trinajstić information content (AvgIpc) is 3.69. The lowest BCUT2D eigenvalue weighted by atomic mass is 9.69. The van der Waals surface area contributed by atoms with E-state index < -0.39 is 5.41 Å². The standard InChI is InChI=1S/C81H58/c1-9-25-61(26-10-1)73(62-27-11-2-12-28-62)49-57-41-45-69-70-46-42-58(50-74(63-29-13-3-14-30-63)64-31-15-4-16-32-64)54-78(70)81(77(69)53-57)79-55-59(51-75(65-33-17-5-18-34-65)66-35-19-6-20-36-66)43-47-71(79)72-48-44-60(56-80(72)81)52-76(67-37-21-7-22-38-67)68-39-23-8-24-40-68/h1-51,53-56,76H,52H2. The van der Waals surface area contributed by atoms with Crippen molar-refractivity contribution in [1.29, 1.82) is 0 Å². The summed E-state index contributed by atoms with van der Waals surface area (Å²) in [6.07, 6.45) is 8.07. The van der Waals surface area contributed by atoms with Gasteiger partial charge < -0.3 is 0 Å². The lowest BCUT2D eigenvalue weighted by Gasteiger charge is -2.32. The molecule has 0 bridgehead atoms. The summed E-state index contributed by atoms with van der Waals surface area (Å²) in [5.41, 5.74) is 27.6. The van der Waals surface area contributed by atoms with Crippen LogP contribution in [-0.2, 0) is 11.8 Å². The topological polar surface area (TPSA) is 0 Å². The quantitative estimate of drug-likeness (QED) is 0.101. The number of benzene rings is 12. The van der Waals surface area contributed by atoms with Crippen molar-refractivity contribution in [2.24, 2.45) is 0 Å². The summed E-state index contributed by atoms with van der Waals surface area (Å²) in [5, 5.41) is 0. The minimum Gasteiger partial charge on any atom is -0.0622 e. The summed E-state index contributed by atoms with van der Waals surface area (Å²) < 4.78 is 0. The van der Waals surface area contributed by atoms with E-state index in [2.05, 4.69) is 334 Å². The van der Waals surface area contributed by atoms with Gasteiger partial charge in [0.25, 0.3) is 0 Å². The molecule has 0 aromatic heterocycles. The van der Waals surface area contributed by atoms with Crippen LogP contribution >= 0.6 is 0 Å². The highest BCUT2D eigenvalue weighted by atomic mass is 14.5. The van der Waals surface area contributed by atoms with Crippen LogP contribution in [0.1, 0.15) is 94.9 Å². The van der Waals surface area contributed by atoms with Crippen LogP contribution < -0.4 is 0 Å². The van der Waals surface area contributed by atoms with Crippen molar-refractivity contribution in [2.75, 3.05) is 0 Å². The minimum atomic E-state index is -0.698.